The number of hydrogen-bond donors (Lipinski definition) is 0. The number of halogens is 3. The van der Waals surface area contributed by atoms with Crippen molar-refractivity contribution in [2.75, 3.05) is 11.4 Å². The standard InChI is InChI=1S/C15H10F3N3/c16-15(17,18)13-6-5-11(9-19)14(20-13)21-8-7-10-3-1-2-4-12(10)21/h1-6H,7-8H2. The summed E-state index contributed by atoms with van der Waals surface area (Å²) < 4.78 is 38.5. The van der Waals surface area contributed by atoms with Crippen molar-refractivity contribution in [2.24, 2.45) is 0 Å². The number of benzene rings is 1. The number of fused-ring (bicyclic) bond motifs is 1. The molecule has 1 aliphatic heterocycles. The molecule has 2 aromatic rings. The van der Waals surface area contributed by atoms with Crippen molar-refractivity contribution in [1.82, 2.24) is 4.98 Å². The monoisotopic (exact) mass is 289 g/mol. The van der Waals surface area contributed by atoms with Crippen LogP contribution >= 0.6 is 0 Å². The number of rotatable bonds is 1. The topological polar surface area (TPSA) is 39.9 Å². The Morgan fingerprint density at radius 1 is 1.14 bits per heavy atom. The fourth-order valence-electron chi connectivity index (χ4n) is 2.46. The summed E-state index contributed by atoms with van der Waals surface area (Å²) >= 11 is 0. The minimum Gasteiger partial charge on any atom is -0.325 e. The highest BCUT2D eigenvalue weighted by Crippen LogP contribution is 2.37. The first kappa shape index (κ1) is 13.4. The minimum absolute atomic E-state index is 0.0669. The summed E-state index contributed by atoms with van der Waals surface area (Å²) in [5, 5.41) is 9.12. The average Bonchev–Trinajstić information content (AvgIpc) is 2.89. The fourth-order valence-corrected chi connectivity index (χ4v) is 2.46. The summed E-state index contributed by atoms with van der Waals surface area (Å²) in [6.45, 7) is 0.516. The van der Waals surface area contributed by atoms with E-state index >= 15 is 0 Å². The molecule has 0 amide bonds. The third kappa shape index (κ3) is 2.31. The van der Waals surface area contributed by atoms with E-state index in [1.54, 1.807) is 4.90 Å². The Kier molecular flexibility index (Phi) is 3.05. The van der Waals surface area contributed by atoms with Gasteiger partial charge in [0.25, 0.3) is 0 Å². The van der Waals surface area contributed by atoms with E-state index in [9.17, 15) is 13.2 Å². The molecular formula is C15H10F3N3. The minimum atomic E-state index is -4.53. The van der Waals surface area contributed by atoms with Crippen LogP contribution in [0.5, 0.6) is 0 Å². The van der Waals surface area contributed by atoms with E-state index in [0.717, 1.165) is 23.7 Å². The van der Waals surface area contributed by atoms with Gasteiger partial charge in [-0.2, -0.15) is 18.4 Å². The Hall–Kier alpha value is -2.55. The molecule has 3 nitrogen and oxygen atoms in total. The maximum absolute atomic E-state index is 12.8. The van der Waals surface area contributed by atoms with Crippen molar-refractivity contribution in [1.29, 1.82) is 5.26 Å². The molecule has 6 heteroatoms. The zero-order valence-corrected chi connectivity index (χ0v) is 10.9. The molecule has 0 unspecified atom stereocenters. The van der Waals surface area contributed by atoms with Crippen LogP contribution < -0.4 is 4.90 Å². The molecule has 0 saturated carbocycles. The van der Waals surface area contributed by atoms with Gasteiger partial charge in [-0.1, -0.05) is 18.2 Å². The average molecular weight is 289 g/mol. The third-order valence-electron chi connectivity index (χ3n) is 3.43. The van der Waals surface area contributed by atoms with E-state index in [4.69, 9.17) is 5.26 Å². The molecule has 0 saturated heterocycles. The van der Waals surface area contributed by atoms with Crippen molar-refractivity contribution >= 4 is 11.5 Å². The maximum Gasteiger partial charge on any atom is 0.433 e. The maximum atomic E-state index is 12.8. The highest BCUT2D eigenvalue weighted by atomic mass is 19.4. The molecule has 0 spiro atoms. The van der Waals surface area contributed by atoms with Gasteiger partial charge in [-0.15, -0.1) is 0 Å². The molecule has 1 aromatic heterocycles. The van der Waals surface area contributed by atoms with Crippen molar-refractivity contribution in [3.8, 4) is 6.07 Å². The first-order valence-electron chi connectivity index (χ1n) is 6.34. The second-order valence-corrected chi connectivity index (χ2v) is 4.71. The van der Waals surface area contributed by atoms with Crippen LogP contribution in [0.15, 0.2) is 36.4 Å². The van der Waals surface area contributed by atoms with Crippen LogP contribution in [0.3, 0.4) is 0 Å². The molecule has 3 rings (SSSR count). The molecule has 0 bridgehead atoms. The zero-order valence-electron chi connectivity index (χ0n) is 10.9. The Bertz CT molecular complexity index is 732. The van der Waals surface area contributed by atoms with Gasteiger partial charge < -0.3 is 4.90 Å². The molecule has 21 heavy (non-hydrogen) atoms. The molecule has 0 radical (unpaired) electrons. The van der Waals surface area contributed by atoms with E-state index in [2.05, 4.69) is 4.98 Å². The van der Waals surface area contributed by atoms with Gasteiger partial charge in [-0.3, -0.25) is 0 Å². The number of nitriles is 1. The highest BCUT2D eigenvalue weighted by Gasteiger charge is 2.34. The first-order valence-corrected chi connectivity index (χ1v) is 6.34. The number of alkyl halides is 3. The third-order valence-corrected chi connectivity index (χ3v) is 3.43. The molecule has 0 atom stereocenters. The summed E-state index contributed by atoms with van der Waals surface area (Å²) in [6.07, 6.45) is -3.80. The molecule has 1 aromatic carbocycles. The van der Waals surface area contributed by atoms with Crippen LogP contribution in [0.25, 0.3) is 0 Å². The normalized spacial score (nSPS) is 13.9. The van der Waals surface area contributed by atoms with E-state index in [1.165, 1.54) is 6.07 Å². The molecular weight excluding hydrogens is 279 g/mol. The van der Waals surface area contributed by atoms with Crippen molar-refractivity contribution in [3.05, 3.63) is 53.2 Å². The van der Waals surface area contributed by atoms with E-state index in [0.29, 0.717) is 6.54 Å². The predicted molar refractivity (Wildman–Crippen MR) is 71.1 cm³/mol. The van der Waals surface area contributed by atoms with Crippen molar-refractivity contribution in [2.45, 2.75) is 12.6 Å². The molecule has 106 valence electrons. The second kappa shape index (κ2) is 4.77. The number of anilines is 2. The van der Waals surface area contributed by atoms with Gasteiger partial charge in [-0.25, -0.2) is 4.98 Å². The number of hydrogen-bond acceptors (Lipinski definition) is 3. The molecule has 1 aliphatic rings. The lowest BCUT2D eigenvalue weighted by atomic mass is 10.2. The summed E-state index contributed by atoms with van der Waals surface area (Å²) in [5.74, 6) is 0.0669. The van der Waals surface area contributed by atoms with Crippen LogP contribution in [0, 0.1) is 11.3 Å². The van der Waals surface area contributed by atoms with Crippen LogP contribution in [0.4, 0.5) is 24.7 Å². The Labute approximate surface area is 119 Å². The summed E-state index contributed by atoms with van der Waals surface area (Å²) in [4.78, 5) is 5.34. The van der Waals surface area contributed by atoms with E-state index in [-0.39, 0.29) is 11.4 Å². The Morgan fingerprint density at radius 2 is 1.90 bits per heavy atom. The van der Waals surface area contributed by atoms with Crippen LogP contribution in [0.1, 0.15) is 16.8 Å². The Morgan fingerprint density at radius 3 is 2.62 bits per heavy atom. The number of aromatic nitrogens is 1. The summed E-state index contributed by atoms with van der Waals surface area (Å²) in [7, 11) is 0. The Balaban J connectivity index is 2.13. The van der Waals surface area contributed by atoms with Gasteiger partial charge in [0.05, 0.1) is 5.56 Å². The van der Waals surface area contributed by atoms with Crippen molar-refractivity contribution in [3.63, 3.8) is 0 Å². The van der Waals surface area contributed by atoms with E-state index in [1.807, 2.05) is 30.3 Å². The van der Waals surface area contributed by atoms with Crippen LogP contribution in [-0.4, -0.2) is 11.5 Å². The van der Waals surface area contributed by atoms with Gasteiger partial charge in [0.2, 0.25) is 0 Å². The van der Waals surface area contributed by atoms with Gasteiger partial charge in [0, 0.05) is 12.2 Å². The van der Waals surface area contributed by atoms with Gasteiger partial charge >= 0.3 is 6.18 Å². The molecule has 0 fully saturated rings. The number of nitrogens with zero attached hydrogens (tertiary/aromatic N) is 3. The van der Waals surface area contributed by atoms with E-state index < -0.39 is 11.9 Å². The van der Waals surface area contributed by atoms with Gasteiger partial charge in [-0.05, 0) is 30.2 Å². The van der Waals surface area contributed by atoms with Gasteiger partial charge in [0.15, 0.2) is 5.82 Å². The first-order chi connectivity index (χ1) is 10.0. The zero-order chi connectivity index (χ0) is 15.0. The number of para-hydroxylation sites is 1. The SMILES string of the molecule is N#Cc1ccc(C(F)(F)F)nc1N1CCc2ccccc21. The second-order valence-electron chi connectivity index (χ2n) is 4.71. The molecule has 0 N–H and O–H groups in total. The summed E-state index contributed by atoms with van der Waals surface area (Å²) in [6, 6.07) is 11.4. The molecule has 2 heterocycles. The fraction of sp³-hybridized carbons (Fsp3) is 0.200. The largest absolute Gasteiger partial charge is 0.433 e. The van der Waals surface area contributed by atoms with Crippen LogP contribution in [0.2, 0.25) is 0 Å². The quantitative estimate of drug-likeness (QED) is 0.804. The lowest BCUT2D eigenvalue weighted by Gasteiger charge is -2.20. The predicted octanol–water partition coefficient (Wildman–Crippen LogP) is 3.67. The molecule has 0 aliphatic carbocycles. The lowest BCUT2D eigenvalue weighted by Crippen LogP contribution is -2.19. The van der Waals surface area contributed by atoms with Crippen molar-refractivity contribution < 1.29 is 13.2 Å². The highest BCUT2D eigenvalue weighted by molar-refractivity contribution is 5.71. The van der Waals surface area contributed by atoms with Crippen LogP contribution in [-0.2, 0) is 12.6 Å². The lowest BCUT2D eigenvalue weighted by molar-refractivity contribution is -0.141. The summed E-state index contributed by atoms with van der Waals surface area (Å²) in [5.41, 5.74) is 1.00. The number of pyridine rings is 1. The van der Waals surface area contributed by atoms with Gasteiger partial charge in [0.1, 0.15) is 11.8 Å². The smallest absolute Gasteiger partial charge is 0.325 e.